The van der Waals surface area contributed by atoms with Crippen LogP contribution in [0, 0.1) is 0 Å². The predicted molar refractivity (Wildman–Crippen MR) is 76.6 cm³/mol. The largest absolute Gasteiger partial charge is 0.252 e. The van der Waals surface area contributed by atoms with Gasteiger partial charge >= 0.3 is 0 Å². The fourth-order valence-electron chi connectivity index (χ4n) is 2.29. The van der Waals surface area contributed by atoms with E-state index >= 15 is 0 Å². The molecule has 0 fully saturated rings. The summed E-state index contributed by atoms with van der Waals surface area (Å²) in [6.45, 7) is 2.16. The van der Waals surface area contributed by atoms with Gasteiger partial charge in [0.05, 0.1) is 5.52 Å². The molecule has 1 aromatic heterocycles. The van der Waals surface area contributed by atoms with E-state index in [4.69, 9.17) is 4.98 Å². The van der Waals surface area contributed by atoms with Gasteiger partial charge in [-0.05, 0) is 24.1 Å². The van der Waals surface area contributed by atoms with Crippen LogP contribution in [-0.4, -0.2) is 4.98 Å². The van der Waals surface area contributed by atoms with Crippen molar-refractivity contribution < 1.29 is 0 Å². The van der Waals surface area contributed by atoms with Crippen molar-refractivity contribution in [2.24, 2.45) is 0 Å². The molecule has 0 saturated heterocycles. The Balaban J connectivity index is 2.27. The van der Waals surface area contributed by atoms with E-state index in [-0.39, 0.29) is 0 Å². The number of para-hydroxylation sites is 1. The molecule has 0 unspecified atom stereocenters. The van der Waals surface area contributed by atoms with Crippen LogP contribution in [0.5, 0.6) is 0 Å². The van der Waals surface area contributed by atoms with E-state index in [1.54, 1.807) is 0 Å². The Morgan fingerprint density at radius 3 is 2.39 bits per heavy atom. The number of hydrogen-bond acceptors (Lipinski definition) is 1. The second-order valence-electron chi connectivity index (χ2n) is 4.39. The van der Waals surface area contributed by atoms with Gasteiger partial charge in [-0.1, -0.05) is 55.5 Å². The highest BCUT2D eigenvalue weighted by Crippen LogP contribution is 2.26. The molecule has 18 heavy (non-hydrogen) atoms. The highest BCUT2D eigenvalue weighted by molar-refractivity contribution is 5.84. The quantitative estimate of drug-likeness (QED) is 0.636. The molecular weight excluding hydrogens is 218 g/mol. The first-order valence-electron chi connectivity index (χ1n) is 6.32. The molecule has 1 nitrogen and oxygen atoms in total. The fraction of sp³-hybridized carbons (Fsp3) is 0.118. The maximum absolute atomic E-state index is 4.77. The van der Waals surface area contributed by atoms with E-state index in [2.05, 4.69) is 55.5 Å². The van der Waals surface area contributed by atoms with Gasteiger partial charge in [-0.25, -0.2) is 0 Å². The van der Waals surface area contributed by atoms with Crippen LogP contribution in [0.15, 0.2) is 60.7 Å². The average molecular weight is 233 g/mol. The third-order valence-corrected chi connectivity index (χ3v) is 3.22. The van der Waals surface area contributed by atoms with Crippen LogP contribution >= 0.6 is 0 Å². The summed E-state index contributed by atoms with van der Waals surface area (Å²) >= 11 is 0. The summed E-state index contributed by atoms with van der Waals surface area (Å²) in [4.78, 5) is 4.77. The number of fused-ring (bicyclic) bond motifs is 1. The minimum Gasteiger partial charge on any atom is -0.252 e. The summed E-state index contributed by atoms with van der Waals surface area (Å²) in [6.07, 6.45) is 0.953. The Kier molecular flexibility index (Phi) is 2.81. The molecule has 0 radical (unpaired) electrons. The van der Waals surface area contributed by atoms with Crippen LogP contribution in [0.1, 0.15) is 12.6 Å². The highest BCUT2D eigenvalue weighted by atomic mass is 14.7. The Morgan fingerprint density at radius 1 is 0.889 bits per heavy atom. The summed E-state index contributed by atoms with van der Waals surface area (Å²) < 4.78 is 0. The lowest BCUT2D eigenvalue weighted by atomic mass is 10.0. The van der Waals surface area contributed by atoms with Crippen LogP contribution in [0.2, 0.25) is 0 Å². The van der Waals surface area contributed by atoms with Gasteiger partial charge in [0.15, 0.2) is 0 Å². The van der Waals surface area contributed by atoms with Crippen molar-refractivity contribution in [3.63, 3.8) is 0 Å². The highest BCUT2D eigenvalue weighted by Gasteiger charge is 2.06. The molecule has 0 aliphatic rings. The lowest BCUT2D eigenvalue weighted by molar-refractivity contribution is 1.06. The molecular formula is C17H15N. The van der Waals surface area contributed by atoms with Crippen molar-refractivity contribution in [3.05, 3.63) is 66.4 Å². The molecule has 3 aromatic rings. The first-order valence-corrected chi connectivity index (χ1v) is 6.32. The zero-order chi connectivity index (χ0) is 12.4. The van der Waals surface area contributed by atoms with Crippen molar-refractivity contribution >= 4 is 10.9 Å². The number of hydrogen-bond donors (Lipinski definition) is 0. The molecule has 0 bridgehead atoms. The Labute approximate surface area is 107 Å². The number of nitrogens with zero attached hydrogens (tertiary/aromatic N) is 1. The zero-order valence-electron chi connectivity index (χ0n) is 10.4. The predicted octanol–water partition coefficient (Wildman–Crippen LogP) is 4.46. The van der Waals surface area contributed by atoms with Gasteiger partial charge in [0.1, 0.15) is 0 Å². The zero-order valence-corrected chi connectivity index (χ0v) is 10.4. The molecule has 1 heterocycles. The number of pyridine rings is 1. The Bertz CT molecular complexity index is 672. The van der Waals surface area contributed by atoms with E-state index in [1.807, 2.05) is 12.1 Å². The summed E-state index contributed by atoms with van der Waals surface area (Å²) in [7, 11) is 0. The summed E-state index contributed by atoms with van der Waals surface area (Å²) in [5, 5.41) is 1.20. The van der Waals surface area contributed by atoms with Crippen molar-refractivity contribution in [2.45, 2.75) is 13.3 Å². The van der Waals surface area contributed by atoms with Gasteiger partial charge in [-0.2, -0.15) is 0 Å². The van der Waals surface area contributed by atoms with Gasteiger partial charge in [0.25, 0.3) is 0 Å². The standard InChI is InChI=1S/C17H15N/c1-2-16-15(13-8-4-3-5-9-13)12-14-10-6-7-11-17(14)18-16/h3-12H,2H2,1H3. The molecule has 0 amide bonds. The first-order chi connectivity index (χ1) is 8.88. The normalized spacial score (nSPS) is 10.7. The molecule has 88 valence electrons. The minimum atomic E-state index is 0.953. The third-order valence-electron chi connectivity index (χ3n) is 3.22. The van der Waals surface area contributed by atoms with Crippen molar-refractivity contribution in [1.29, 1.82) is 0 Å². The van der Waals surface area contributed by atoms with Crippen molar-refractivity contribution in [2.75, 3.05) is 0 Å². The first kappa shape index (κ1) is 11.0. The van der Waals surface area contributed by atoms with E-state index < -0.39 is 0 Å². The molecule has 2 aromatic carbocycles. The van der Waals surface area contributed by atoms with E-state index in [0.29, 0.717) is 0 Å². The molecule has 3 rings (SSSR count). The van der Waals surface area contributed by atoms with Crippen LogP contribution in [0.3, 0.4) is 0 Å². The molecule has 0 aliphatic carbocycles. The van der Waals surface area contributed by atoms with Crippen LogP contribution in [0.25, 0.3) is 22.0 Å². The lowest BCUT2D eigenvalue weighted by Gasteiger charge is -2.09. The Morgan fingerprint density at radius 2 is 1.61 bits per heavy atom. The molecule has 0 atom stereocenters. The fourth-order valence-corrected chi connectivity index (χ4v) is 2.29. The smallest absolute Gasteiger partial charge is 0.0705 e. The molecule has 0 aliphatic heterocycles. The lowest BCUT2D eigenvalue weighted by Crippen LogP contribution is -1.93. The molecule has 0 saturated carbocycles. The van der Waals surface area contributed by atoms with Crippen molar-refractivity contribution in [3.8, 4) is 11.1 Å². The summed E-state index contributed by atoms with van der Waals surface area (Å²) in [5.74, 6) is 0. The van der Waals surface area contributed by atoms with Crippen LogP contribution in [0.4, 0.5) is 0 Å². The average Bonchev–Trinajstić information content (AvgIpc) is 2.46. The maximum Gasteiger partial charge on any atom is 0.0705 e. The van der Waals surface area contributed by atoms with E-state index in [0.717, 1.165) is 11.9 Å². The number of aryl methyl sites for hydroxylation is 1. The molecule has 0 spiro atoms. The Hall–Kier alpha value is -2.15. The maximum atomic E-state index is 4.77. The van der Waals surface area contributed by atoms with Gasteiger partial charge in [-0.3, -0.25) is 4.98 Å². The van der Waals surface area contributed by atoms with Crippen LogP contribution in [-0.2, 0) is 6.42 Å². The summed E-state index contributed by atoms with van der Waals surface area (Å²) in [5.41, 5.74) is 4.73. The second-order valence-corrected chi connectivity index (χ2v) is 4.39. The van der Waals surface area contributed by atoms with Gasteiger partial charge < -0.3 is 0 Å². The number of rotatable bonds is 2. The SMILES string of the molecule is CCc1nc2ccccc2cc1-c1ccccc1. The number of aromatic nitrogens is 1. The monoisotopic (exact) mass is 233 g/mol. The van der Waals surface area contributed by atoms with E-state index in [9.17, 15) is 0 Å². The second kappa shape index (κ2) is 4.61. The molecule has 1 heteroatoms. The molecule has 0 N–H and O–H groups in total. The van der Waals surface area contributed by atoms with Gasteiger partial charge in [-0.15, -0.1) is 0 Å². The van der Waals surface area contributed by atoms with Crippen LogP contribution < -0.4 is 0 Å². The summed E-state index contributed by atoms with van der Waals surface area (Å²) in [6, 6.07) is 21.0. The van der Waals surface area contributed by atoms with Gasteiger partial charge in [0.2, 0.25) is 0 Å². The number of benzene rings is 2. The van der Waals surface area contributed by atoms with E-state index in [1.165, 1.54) is 22.2 Å². The van der Waals surface area contributed by atoms with Gasteiger partial charge in [0, 0.05) is 16.6 Å². The topological polar surface area (TPSA) is 12.9 Å². The third kappa shape index (κ3) is 1.88. The minimum absolute atomic E-state index is 0.953. The van der Waals surface area contributed by atoms with Crippen molar-refractivity contribution in [1.82, 2.24) is 4.98 Å².